The first kappa shape index (κ1) is 10.7. The number of aryl methyl sites for hydroxylation is 2. The molecule has 0 saturated carbocycles. The maximum absolute atomic E-state index is 5.62. The number of nitrogens with zero attached hydrogens (tertiary/aromatic N) is 3. The summed E-state index contributed by atoms with van der Waals surface area (Å²) in [4.78, 5) is 0. The minimum atomic E-state index is 0.427. The van der Waals surface area contributed by atoms with Crippen molar-refractivity contribution in [2.24, 2.45) is 0 Å². The summed E-state index contributed by atoms with van der Waals surface area (Å²) >= 11 is 0. The lowest BCUT2D eigenvalue weighted by atomic mass is 10.1. The van der Waals surface area contributed by atoms with Crippen LogP contribution in [0.4, 0.5) is 0 Å². The molecule has 0 bridgehead atoms. The zero-order chi connectivity index (χ0) is 12.5. The van der Waals surface area contributed by atoms with Crippen molar-refractivity contribution in [3.8, 4) is 23.0 Å². The van der Waals surface area contributed by atoms with Gasteiger partial charge in [0.05, 0.1) is 0 Å². The molecule has 0 fully saturated rings. The molecule has 0 spiro atoms. The van der Waals surface area contributed by atoms with Crippen LogP contribution in [0.15, 0.2) is 34.7 Å². The van der Waals surface area contributed by atoms with Gasteiger partial charge in [0.25, 0.3) is 5.89 Å². The second kappa shape index (κ2) is 4.10. The normalized spacial score (nSPS) is 10.8. The van der Waals surface area contributed by atoms with Crippen molar-refractivity contribution in [2.45, 2.75) is 13.8 Å². The highest BCUT2D eigenvalue weighted by atomic mass is 16.4. The van der Waals surface area contributed by atoms with Crippen LogP contribution in [0.5, 0.6) is 0 Å². The van der Waals surface area contributed by atoms with Crippen molar-refractivity contribution in [3.63, 3.8) is 0 Å². The molecule has 0 radical (unpaired) electrons. The Hall–Kier alpha value is -2.43. The fraction of sp³-hybridized carbons (Fsp3) is 0.154. The lowest BCUT2D eigenvalue weighted by Gasteiger charge is -1.95. The van der Waals surface area contributed by atoms with Gasteiger partial charge in [-0.2, -0.15) is 5.10 Å². The highest BCUT2D eigenvalue weighted by Crippen LogP contribution is 2.23. The summed E-state index contributed by atoms with van der Waals surface area (Å²) in [5.74, 6) is 0.935. The topological polar surface area (TPSA) is 67.6 Å². The standard InChI is InChI=1S/C13H12N4O/c1-8-4-3-5-10(6-8)12-16-17-13(18-12)11-7-9(2)14-15-11/h3-7H,1-2H3,(H,14,15). The number of benzene rings is 1. The molecule has 3 aromatic rings. The van der Waals surface area contributed by atoms with E-state index < -0.39 is 0 Å². The Morgan fingerprint density at radius 2 is 1.89 bits per heavy atom. The molecule has 1 aromatic carbocycles. The molecular weight excluding hydrogens is 228 g/mol. The number of H-pyrrole nitrogens is 1. The average Bonchev–Trinajstić information content (AvgIpc) is 2.97. The van der Waals surface area contributed by atoms with Gasteiger partial charge in [0.2, 0.25) is 5.89 Å². The lowest BCUT2D eigenvalue weighted by Crippen LogP contribution is -1.78. The number of hydrogen-bond donors (Lipinski definition) is 1. The molecule has 5 nitrogen and oxygen atoms in total. The van der Waals surface area contributed by atoms with Gasteiger partial charge in [0.15, 0.2) is 0 Å². The maximum Gasteiger partial charge on any atom is 0.268 e. The SMILES string of the molecule is Cc1cccc(-c2nnc(-c3cc(C)[nH]n3)o2)c1. The maximum atomic E-state index is 5.62. The number of aromatic nitrogens is 4. The van der Waals surface area contributed by atoms with Crippen molar-refractivity contribution < 1.29 is 4.42 Å². The number of aromatic amines is 1. The molecule has 0 aliphatic rings. The number of nitrogens with one attached hydrogen (secondary N) is 1. The average molecular weight is 240 g/mol. The van der Waals surface area contributed by atoms with Crippen LogP contribution >= 0.6 is 0 Å². The van der Waals surface area contributed by atoms with Gasteiger partial charge in [-0.05, 0) is 32.0 Å². The van der Waals surface area contributed by atoms with Gasteiger partial charge in [-0.1, -0.05) is 17.7 Å². The molecular formula is C13H12N4O. The molecule has 90 valence electrons. The molecule has 18 heavy (non-hydrogen) atoms. The monoisotopic (exact) mass is 240 g/mol. The van der Waals surface area contributed by atoms with E-state index in [9.17, 15) is 0 Å². The third kappa shape index (κ3) is 1.90. The predicted octanol–water partition coefficient (Wildman–Crippen LogP) is 2.74. The summed E-state index contributed by atoms with van der Waals surface area (Å²) < 4.78 is 5.62. The minimum Gasteiger partial charge on any atom is -0.415 e. The zero-order valence-electron chi connectivity index (χ0n) is 10.1. The van der Waals surface area contributed by atoms with Crippen molar-refractivity contribution in [1.29, 1.82) is 0 Å². The molecule has 1 N–H and O–H groups in total. The van der Waals surface area contributed by atoms with Gasteiger partial charge in [0, 0.05) is 11.3 Å². The Morgan fingerprint density at radius 3 is 2.61 bits per heavy atom. The summed E-state index contributed by atoms with van der Waals surface area (Å²) in [6, 6.07) is 9.81. The molecule has 2 aromatic heterocycles. The highest BCUT2D eigenvalue weighted by Gasteiger charge is 2.12. The van der Waals surface area contributed by atoms with E-state index in [1.807, 2.05) is 44.2 Å². The van der Waals surface area contributed by atoms with E-state index in [4.69, 9.17) is 4.42 Å². The van der Waals surface area contributed by atoms with Crippen LogP contribution in [0.25, 0.3) is 23.0 Å². The van der Waals surface area contributed by atoms with Crippen molar-refractivity contribution in [2.75, 3.05) is 0 Å². The van der Waals surface area contributed by atoms with Gasteiger partial charge in [0.1, 0.15) is 5.69 Å². The fourth-order valence-electron chi connectivity index (χ4n) is 1.75. The Labute approximate surface area is 104 Å². The number of hydrogen-bond acceptors (Lipinski definition) is 4. The second-order valence-electron chi connectivity index (χ2n) is 4.22. The summed E-state index contributed by atoms with van der Waals surface area (Å²) in [6.07, 6.45) is 0. The Morgan fingerprint density at radius 1 is 1.06 bits per heavy atom. The first-order chi connectivity index (χ1) is 8.72. The Bertz CT molecular complexity index is 684. The van der Waals surface area contributed by atoms with E-state index in [0.717, 1.165) is 16.8 Å². The van der Waals surface area contributed by atoms with Crippen LogP contribution in [0.2, 0.25) is 0 Å². The largest absolute Gasteiger partial charge is 0.415 e. The van der Waals surface area contributed by atoms with Gasteiger partial charge in [-0.15, -0.1) is 10.2 Å². The predicted molar refractivity (Wildman–Crippen MR) is 66.8 cm³/mol. The smallest absolute Gasteiger partial charge is 0.268 e. The van der Waals surface area contributed by atoms with E-state index in [1.54, 1.807) is 0 Å². The third-order valence-electron chi connectivity index (χ3n) is 2.62. The first-order valence-electron chi connectivity index (χ1n) is 5.65. The van der Waals surface area contributed by atoms with Gasteiger partial charge in [-0.25, -0.2) is 0 Å². The van der Waals surface area contributed by atoms with Crippen LogP contribution in [0.1, 0.15) is 11.3 Å². The Balaban J connectivity index is 1.99. The van der Waals surface area contributed by atoms with E-state index in [2.05, 4.69) is 20.4 Å². The van der Waals surface area contributed by atoms with Crippen LogP contribution in [0, 0.1) is 13.8 Å². The molecule has 0 amide bonds. The second-order valence-corrected chi connectivity index (χ2v) is 4.22. The van der Waals surface area contributed by atoms with E-state index in [1.165, 1.54) is 0 Å². The van der Waals surface area contributed by atoms with Crippen LogP contribution in [0.3, 0.4) is 0 Å². The summed E-state index contributed by atoms with van der Waals surface area (Å²) in [7, 11) is 0. The molecule has 0 atom stereocenters. The summed E-state index contributed by atoms with van der Waals surface area (Å²) in [6.45, 7) is 3.95. The first-order valence-corrected chi connectivity index (χ1v) is 5.65. The third-order valence-corrected chi connectivity index (χ3v) is 2.62. The minimum absolute atomic E-state index is 0.427. The summed E-state index contributed by atoms with van der Waals surface area (Å²) in [5, 5.41) is 15.0. The zero-order valence-corrected chi connectivity index (χ0v) is 10.1. The van der Waals surface area contributed by atoms with Gasteiger partial charge in [-0.3, -0.25) is 5.10 Å². The van der Waals surface area contributed by atoms with Crippen molar-refractivity contribution >= 4 is 0 Å². The van der Waals surface area contributed by atoms with Crippen LogP contribution in [-0.4, -0.2) is 20.4 Å². The molecule has 0 aliphatic carbocycles. The van der Waals surface area contributed by atoms with E-state index >= 15 is 0 Å². The van der Waals surface area contributed by atoms with E-state index in [-0.39, 0.29) is 0 Å². The van der Waals surface area contributed by atoms with Gasteiger partial charge < -0.3 is 4.42 Å². The molecule has 0 unspecified atom stereocenters. The molecule has 0 aliphatic heterocycles. The Kier molecular flexibility index (Phi) is 2.44. The molecule has 0 saturated heterocycles. The molecule has 2 heterocycles. The van der Waals surface area contributed by atoms with Crippen LogP contribution < -0.4 is 0 Å². The van der Waals surface area contributed by atoms with E-state index in [0.29, 0.717) is 17.5 Å². The lowest BCUT2D eigenvalue weighted by molar-refractivity contribution is 0.582. The number of rotatable bonds is 2. The molecule has 3 rings (SSSR count). The summed E-state index contributed by atoms with van der Waals surface area (Å²) in [5.41, 5.74) is 3.70. The quantitative estimate of drug-likeness (QED) is 0.747. The fourth-order valence-corrected chi connectivity index (χ4v) is 1.75. The van der Waals surface area contributed by atoms with Gasteiger partial charge >= 0.3 is 0 Å². The molecule has 5 heteroatoms. The van der Waals surface area contributed by atoms with Crippen molar-refractivity contribution in [3.05, 3.63) is 41.6 Å². The van der Waals surface area contributed by atoms with Crippen molar-refractivity contribution in [1.82, 2.24) is 20.4 Å². The highest BCUT2D eigenvalue weighted by molar-refractivity contribution is 5.56. The van der Waals surface area contributed by atoms with Crippen LogP contribution in [-0.2, 0) is 0 Å².